The van der Waals surface area contributed by atoms with Gasteiger partial charge in [0.1, 0.15) is 0 Å². The van der Waals surface area contributed by atoms with E-state index in [9.17, 15) is 0 Å². The highest BCUT2D eigenvalue weighted by molar-refractivity contribution is 6.67. The molecule has 0 aliphatic carbocycles. The third-order valence-electron chi connectivity index (χ3n) is 5.20. The van der Waals surface area contributed by atoms with Crippen LogP contribution >= 0.6 is 0 Å². The van der Waals surface area contributed by atoms with E-state index in [1.165, 1.54) is 57.4 Å². The van der Waals surface area contributed by atoms with Gasteiger partial charge in [-0.1, -0.05) is 71.6 Å². The summed E-state index contributed by atoms with van der Waals surface area (Å²) in [5.41, 5.74) is 0. The fourth-order valence-electron chi connectivity index (χ4n) is 3.51. The minimum absolute atomic E-state index is 0.118. The average molecular weight is 579 g/mol. The van der Waals surface area contributed by atoms with Crippen molar-refractivity contribution in [2.45, 2.75) is 128 Å². The zero-order valence-corrected chi connectivity index (χ0v) is 28.9. The Morgan fingerprint density at radius 2 is 1.64 bits per heavy atom. The fraction of sp³-hybridized carbons (Fsp3) is 1.00. The minimum Gasteiger partial charge on any atom is -0.438 e. The molecule has 0 spiro atoms. The first-order valence-corrected chi connectivity index (χ1v) is 23.6. The lowest BCUT2D eigenvalue weighted by Gasteiger charge is -2.29. The summed E-state index contributed by atoms with van der Waals surface area (Å²) in [5.74, 6) is 0. The normalized spacial score (nSPS) is 22.5. The van der Waals surface area contributed by atoms with Gasteiger partial charge in [-0.05, 0) is 50.2 Å². The van der Waals surface area contributed by atoms with Gasteiger partial charge in [0, 0.05) is 6.10 Å². The molecule has 1 heterocycles. The zero-order chi connectivity index (χ0) is 24.2. The molecule has 3 unspecified atom stereocenters. The van der Waals surface area contributed by atoms with E-state index < -0.39 is 36.9 Å². The molecule has 1 rings (SSSR count). The van der Waals surface area contributed by atoms with Crippen molar-refractivity contribution in [3.8, 4) is 0 Å². The fourth-order valence-corrected chi connectivity index (χ4v) is 17.1. The average Bonchev–Trinajstić information content (AvgIpc) is 2.76. The lowest BCUT2D eigenvalue weighted by molar-refractivity contribution is 0.187. The van der Waals surface area contributed by atoms with Crippen LogP contribution in [0.2, 0.25) is 43.3 Å². The minimum atomic E-state index is -1.54. The number of rotatable bonds is 20. The van der Waals surface area contributed by atoms with Gasteiger partial charge in [-0.2, -0.15) is 0 Å². The van der Waals surface area contributed by atoms with Crippen LogP contribution < -0.4 is 0 Å². The number of hydrogen-bond donors (Lipinski definition) is 0. The second kappa shape index (κ2) is 22.5. The van der Waals surface area contributed by atoms with Crippen molar-refractivity contribution in [2.75, 3.05) is 0 Å². The van der Waals surface area contributed by atoms with Crippen molar-refractivity contribution in [1.29, 1.82) is 0 Å². The maximum absolute atomic E-state index is 6.32. The van der Waals surface area contributed by atoms with Gasteiger partial charge in [-0.15, -0.1) is 0 Å². The Morgan fingerprint density at radius 1 is 0.909 bits per heavy atom. The lowest BCUT2D eigenvalue weighted by atomic mass is 10.2. The van der Waals surface area contributed by atoms with Crippen LogP contribution in [0, 0.1) is 0 Å². The maximum Gasteiger partial charge on any atom is 0.411 e. The molecule has 13 heteroatoms. The van der Waals surface area contributed by atoms with Crippen molar-refractivity contribution >= 4 is 66.4 Å². The lowest BCUT2D eigenvalue weighted by Crippen LogP contribution is -2.42. The highest BCUT2D eigenvalue weighted by atomic mass is 28.4. The van der Waals surface area contributed by atoms with Crippen molar-refractivity contribution < 1.29 is 25.0 Å². The Kier molecular flexibility index (Phi) is 22.0. The van der Waals surface area contributed by atoms with E-state index in [2.05, 4.69) is 33.9 Å². The van der Waals surface area contributed by atoms with Crippen LogP contribution in [0.25, 0.3) is 0 Å². The SMILES string of the molecule is CCCCCC[Si]O[Si](CCCCCC)O[Si]O[Si]CCC[Si]1O[SiH](C)CC(C)O[SiH](C)O1. The molecule has 0 aromatic heterocycles. The molecule has 0 aromatic rings. The van der Waals surface area contributed by atoms with E-state index in [0.717, 1.165) is 30.6 Å². The highest BCUT2D eigenvalue weighted by Gasteiger charge is 2.28. The van der Waals surface area contributed by atoms with E-state index in [1.807, 2.05) is 0 Å². The van der Waals surface area contributed by atoms with Crippen LogP contribution in [0.15, 0.2) is 0 Å². The van der Waals surface area contributed by atoms with Gasteiger partial charge in [-0.3, -0.25) is 0 Å². The van der Waals surface area contributed by atoms with E-state index in [4.69, 9.17) is 25.0 Å². The molecule has 1 aliphatic heterocycles. The molecule has 0 aromatic carbocycles. The van der Waals surface area contributed by atoms with Gasteiger partial charge in [-0.25, -0.2) is 0 Å². The Balaban J connectivity index is 2.15. The van der Waals surface area contributed by atoms with Gasteiger partial charge in [0.2, 0.25) is 19.5 Å². The largest absolute Gasteiger partial charge is 0.438 e. The first-order chi connectivity index (χ1) is 16.0. The Morgan fingerprint density at radius 3 is 2.39 bits per heavy atom. The molecule has 0 N–H and O–H groups in total. The van der Waals surface area contributed by atoms with E-state index >= 15 is 0 Å². The monoisotopic (exact) mass is 578 g/mol. The molecule has 0 bridgehead atoms. The Bertz CT molecular complexity index is 430. The van der Waals surface area contributed by atoms with Crippen LogP contribution in [-0.4, -0.2) is 72.5 Å². The van der Waals surface area contributed by atoms with Crippen molar-refractivity contribution in [2.24, 2.45) is 0 Å². The summed E-state index contributed by atoms with van der Waals surface area (Å²) in [7, 11) is -3.87. The molecular formula is C20H46O6Si7. The van der Waals surface area contributed by atoms with Crippen LogP contribution in [-0.2, 0) is 25.0 Å². The zero-order valence-electron chi connectivity index (χ0n) is 21.6. The van der Waals surface area contributed by atoms with Crippen LogP contribution in [0.4, 0.5) is 0 Å². The van der Waals surface area contributed by atoms with Gasteiger partial charge in [0.25, 0.3) is 0 Å². The van der Waals surface area contributed by atoms with Gasteiger partial charge >= 0.3 is 37.9 Å². The van der Waals surface area contributed by atoms with Crippen molar-refractivity contribution in [3.63, 3.8) is 0 Å². The molecule has 8 radical (unpaired) electrons. The van der Waals surface area contributed by atoms with Crippen molar-refractivity contribution in [3.05, 3.63) is 0 Å². The summed E-state index contributed by atoms with van der Waals surface area (Å²) in [5, 5.41) is 0. The van der Waals surface area contributed by atoms with E-state index in [1.54, 1.807) is 0 Å². The molecule has 6 nitrogen and oxygen atoms in total. The molecule has 190 valence electrons. The number of hydrogen-bond acceptors (Lipinski definition) is 6. The van der Waals surface area contributed by atoms with Crippen LogP contribution in [0.3, 0.4) is 0 Å². The number of unbranched alkanes of at least 4 members (excludes halogenated alkanes) is 6. The summed E-state index contributed by atoms with van der Waals surface area (Å²) < 4.78 is 36.6. The van der Waals surface area contributed by atoms with Gasteiger partial charge < -0.3 is 25.0 Å². The maximum atomic E-state index is 6.32. The molecule has 3 atom stereocenters. The molecule has 1 aliphatic rings. The Hall–Kier alpha value is 1.28. The molecule has 0 amide bonds. The van der Waals surface area contributed by atoms with E-state index in [-0.39, 0.29) is 10.0 Å². The second-order valence-electron chi connectivity index (χ2n) is 8.69. The summed E-state index contributed by atoms with van der Waals surface area (Å²) in [6.07, 6.45) is 11.7. The predicted octanol–water partition coefficient (Wildman–Crippen LogP) is 4.83. The van der Waals surface area contributed by atoms with E-state index in [0.29, 0.717) is 25.6 Å². The molecule has 1 saturated heterocycles. The third-order valence-corrected chi connectivity index (χ3v) is 18.7. The summed E-state index contributed by atoms with van der Waals surface area (Å²) in [6.45, 7) is 11.1. The third kappa shape index (κ3) is 19.1. The summed E-state index contributed by atoms with van der Waals surface area (Å²) >= 11 is 0. The van der Waals surface area contributed by atoms with Gasteiger partial charge in [0.05, 0.1) is 0 Å². The van der Waals surface area contributed by atoms with Crippen molar-refractivity contribution in [1.82, 2.24) is 0 Å². The molecule has 1 fully saturated rings. The first-order valence-electron chi connectivity index (χ1n) is 13.0. The standard InChI is InChI=1S/C20H46O6Si7/c1-6-8-10-12-15-28-23-32(17-13-11-9-7-2)24-29-22-27-16-14-18-33-25-30(4)19-20(3)21-31(5)26-33/h20,30-31H,6-19H2,1-5H3. The smallest absolute Gasteiger partial charge is 0.411 e. The molecule has 33 heavy (non-hydrogen) atoms. The van der Waals surface area contributed by atoms with Crippen LogP contribution in [0.5, 0.6) is 0 Å². The van der Waals surface area contributed by atoms with Gasteiger partial charge in [0.15, 0.2) is 9.04 Å². The summed E-state index contributed by atoms with van der Waals surface area (Å²) in [4.78, 5) is 0. The first kappa shape index (κ1) is 32.3. The predicted molar refractivity (Wildman–Crippen MR) is 148 cm³/mol. The Labute approximate surface area is 218 Å². The highest BCUT2D eigenvalue weighted by Crippen LogP contribution is 2.16. The molecule has 0 saturated carbocycles. The second-order valence-corrected chi connectivity index (χ2v) is 20.8. The summed E-state index contributed by atoms with van der Waals surface area (Å²) in [6, 6.07) is 5.45. The molecular weight excluding hydrogens is 533 g/mol. The quantitative estimate of drug-likeness (QED) is 0.152. The topological polar surface area (TPSA) is 55.4 Å². The van der Waals surface area contributed by atoms with Crippen LogP contribution in [0.1, 0.15) is 78.6 Å².